The molecular formula is C16H21N3O. The third-order valence-corrected chi connectivity index (χ3v) is 4.10. The van der Waals surface area contributed by atoms with Gasteiger partial charge in [-0.2, -0.15) is 5.26 Å². The maximum atomic E-state index is 11.9. The summed E-state index contributed by atoms with van der Waals surface area (Å²) in [6.45, 7) is 3.02. The zero-order valence-corrected chi connectivity index (χ0v) is 11.9. The molecule has 0 aliphatic heterocycles. The first kappa shape index (κ1) is 14.5. The van der Waals surface area contributed by atoms with Gasteiger partial charge in [-0.05, 0) is 30.4 Å². The van der Waals surface area contributed by atoms with Crippen LogP contribution in [0.3, 0.4) is 0 Å². The van der Waals surface area contributed by atoms with E-state index < -0.39 is 0 Å². The number of nitriles is 1. The minimum absolute atomic E-state index is 0.154. The fourth-order valence-electron chi connectivity index (χ4n) is 2.69. The lowest BCUT2D eigenvalue weighted by Crippen LogP contribution is -2.27. The summed E-state index contributed by atoms with van der Waals surface area (Å²) in [5, 5.41) is 11.6. The number of carbonyl (C=O) groups excluding carboxylic acids is 1. The summed E-state index contributed by atoms with van der Waals surface area (Å²) in [5.74, 6) is 1.46. The normalized spacial score (nSPS) is 22.0. The van der Waals surface area contributed by atoms with Crippen molar-refractivity contribution >= 4 is 5.91 Å². The molecule has 20 heavy (non-hydrogen) atoms. The van der Waals surface area contributed by atoms with E-state index in [4.69, 9.17) is 5.26 Å². The highest BCUT2D eigenvalue weighted by atomic mass is 16.1. The fourth-order valence-corrected chi connectivity index (χ4v) is 2.69. The van der Waals surface area contributed by atoms with Crippen LogP contribution in [0.25, 0.3) is 0 Å². The maximum Gasteiger partial charge on any atom is 0.269 e. The Labute approximate surface area is 120 Å². The Balaban J connectivity index is 1.73. The second-order valence-corrected chi connectivity index (χ2v) is 5.71. The van der Waals surface area contributed by atoms with Crippen LogP contribution in [-0.4, -0.2) is 17.4 Å². The second-order valence-electron chi connectivity index (χ2n) is 5.71. The predicted molar refractivity (Wildman–Crippen MR) is 77.0 cm³/mol. The van der Waals surface area contributed by atoms with Crippen LogP contribution in [-0.2, 0) is 0 Å². The minimum atomic E-state index is -0.154. The number of nitrogens with zero attached hydrogens (tertiary/aromatic N) is 2. The number of aromatic nitrogens is 1. The number of hydrogen-bond donors (Lipinski definition) is 1. The largest absolute Gasteiger partial charge is 0.351 e. The zero-order chi connectivity index (χ0) is 14.4. The Hall–Kier alpha value is -1.89. The first-order chi connectivity index (χ1) is 9.69. The summed E-state index contributed by atoms with van der Waals surface area (Å²) in [4.78, 5) is 15.9. The fraction of sp³-hybridized carbons (Fsp3) is 0.562. The highest BCUT2D eigenvalue weighted by molar-refractivity contribution is 5.92. The zero-order valence-electron chi connectivity index (χ0n) is 11.9. The third kappa shape index (κ3) is 4.06. The molecule has 1 aromatic rings. The molecule has 4 nitrogen and oxygen atoms in total. The van der Waals surface area contributed by atoms with Gasteiger partial charge in [0.2, 0.25) is 0 Å². The number of pyridine rings is 1. The van der Waals surface area contributed by atoms with Crippen LogP contribution >= 0.6 is 0 Å². The van der Waals surface area contributed by atoms with Crippen LogP contribution in [0.2, 0.25) is 0 Å². The Morgan fingerprint density at radius 3 is 2.75 bits per heavy atom. The van der Waals surface area contributed by atoms with Gasteiger partial charge in [0.15, 0.2) is 0 Å². The lowest BCUT2D eigenvalue weighted by molar-refractivity contribution is 0.0944. The van der Waals surface area contributed by atoms with Crippen molar-refractivity contribution in [1.29, 1.82) is 5.26 Å². The van der Waals surface area contributed by atoms with Gasteiger partial charge < -0.3 is 5.32 Å². The van der Waals surface area contributed by atoms with Crippen molar-refractivity contribution in [2.24, 2.45) is 11.8 Å². The van der Waals surface area contributed by atoms with Gasteiger partial charge in [0.1, 0.15) is 11.8 Å². The highest BCUT2D eigenvalue weighted by Crippen LogP contribution is 2.29. The van der Waals surface area contributed by atoms with Crippen molar-refractivity contribution in [3.8, 4) is 6.07 Å². The lowest BCUT2D eigenvalue weighted by atomic mass is 9.81. The SMILES string of the molecule is CC1CCC(CCNC(=O)c2ccc(C#N)cn2)CC1. The Morgan fingerprint density at radius 2 is 2.15 bits per heavy atom. The van der Waals surface area contributed by atoms with Crippen molar-refractivity contribution in [1.82, 2.24) is 10.3 Å². The van der Waals surface area contributed by atoms with Crippen LogP contribution in [0.5, 0.6) is 0 Å². The van der Waals surface area contributed by atoms with Gasteiger partial charge in [-0.15, -0.1) is 0 Å². The second kappa shape index (κ2) is 7.04. The van der Waals surface area contributed by atoms with Gasteiger partial charge in [-0.1, -0.05) is 32.6 Å². The molecule has 0 atom stereocenters. The quantitative estimate of drug-likeness (QED) is 0.915. The van der Waals surface area contributed by atoms with Crippen LogP contribution in [0.4, 0.5) is 0 Å². The number of rotatable bonds is 4. The van der Waals surface area contributed by atoms with Crippen molar-refractivity contribution < 1.29 is 4.79 Å². The van der Waals surface area contributed by atoms with Gasteiger partial charge in [-0.25, -0.2) is 4.98 Å². The molecule has 1 N–H and O–H groups in total. The molecule has 2 rings (SSSR count). The number of carbonyl (C=O) groups is 1. The molecule has 1 fully saturated rings. The molecule has 4 heteroatoms. The third-order valence-electron chi connectivity index (χ3n) is 4.10. The minimum Gasteiger partial charge on any atom is -0.351 e. The first-order valence-corrected chi connectivity index (χ1v) is 7.33. The molecule has 0 radical (unpaired) electrons. The Bertz CT molecular complexity index is 481. The molecule has 0 spiro atoms. The Morgan fingerprint density at radius 1 is 1.40 bits per heavy atom. The molecule has 1 amide bonds. The molecule has 1 saturated carbocycles. The number of amides is 1. The molecule has 1 aromatic heterocycles. The van der Waals surface area contributed by atoms with E-state index >= 15 is 0 Å². The summed E-state index contributed by atoms with van der Waals surface area (Å²) >= 11 is 0. The molecule has 0 unspecified atom stereocenters. The van der Waals surface area contributed by atoms with E-state index in [0.29, 0.717) is 17.8 Å². The van der Waals surface area contributed by atoms with Gasteiger partial charge in [-0.3, -0.25) is 4.79 Å². The monoisotopic (exact) mass is 271 g/mol. The molecule has 1 heterocycles. The van der Waals surface area contributed by atoms with Crippen LogP contribution in [0, 0.1) is 23.2 Å². The van der Waals surface area contributed by atoms with Gasteiger partial charge in [0.25, 0.3) is 5.91 Å². The van der Waals surface area contributed by atoms with Crippen molar-refractivity contribution in [3.63, 3.8) is 0 Å². The predicted octanol–water partition coefficient (Wildman–Crippen LogP) is 2.90. The summed E-state index contributed by atoms with van der Waals surface area (Å²) in [7, 11) is 0. The molecule has 1 aliphatic rings. The average Bonchev–Trinajstić information content (AvgIpc) is 2.49. The van der Waals surface area contributed by atoms with E-state index in [0.717, 1.165) is 18.3 Å². The van der Waals surface area contributed by atoms with E-state index in [1.165, 1.54) is 31.9 Å². The summed E-state index contributed by atoms with van der Waals surface area (Å²) in [6, 6.07) is 5.20. The van der Waals surface area contributed by atoms with E-state index in [1.54, 1.807) is 12.1 Å². The molecule has 0 saturated heterocycles. The summed E-state index contributed by atoms with van der Waals surface area (Å²) < 4.78 is 0. The van der Waals surface area contributed by atoms with E-state index in [-0.39, 0.29) is 5.91 Å². The van der Waals surface area contributed by atoms with Gasteiger partial charge >= 0.3 is 0 Å². The van der Waals surface area contributed by atoms with Crippen LogP contribution < -0.4 is 5.32 Å². The van der Waals surface area contributed by atoms with Crippen molar-refractivity contribution in [2.75, 3.05) is 6.54 Å². The first-order valence-electron chi connectivity index (χ1n) is 7.33. The Kier molecular flexibility index (Phi) is 5.11. The molecule has 0 bridgehead atoms. The van der Waals surface area contributed by atoms with E-state index in [9.17, 15) is 4.79 Å². The molecule has 1 aliphatic carbocycles. The van der Waals surface area contributed by atoms with Gasteiger partial charge in [0, 0.05) is 12.7 Å². The standard InChI is InChI=1S/C16H21N3O/c1-12-2-4-13(5-3-12)8-9-18-16(20)15-7-6-14(10-17)11-19-15/h6-7,11-13H,2-5,8-9H2,1H3,(H,18,20). The van der Waals surface area contributed by atoms with Crippen LogP contribution in [0.15, 0.2) is 18.3 Å². The maximum absolute atomic E-state index is 11.9. The number of nitrogens with one attached hydrogen (secondary N) is 1. The topological polar surface area (TPSA) is 65.8 Å². The highest BCUT2D eigenvalue weighted by Gasteiger charge is 2.18. The smallest absolute Gasteiger partial charge is 0.269 e. The molecular weight excluding hydrogens is 250 g/mol. The summed E-state index contributed by atoms with van der Waals surface area (Å²) in [5.41, 5.74) is 0.846. The van der Waals surface area contributed by atoms with Crippen molar-refractivity contribution in [2.45, 2.75) is 39.0 Å². The summed E-state index contributed by atoms with van der Waals surface area (Å²) in [6.07, 6.45) is 7.68. The van der Waals surface area contributed by atoms with Crippen molar-refractivity contribution in [3.05, 3.63) is 29.6 Å². The average molecular weight is 271 g/mol. The van der Waals surface area contributed by atoms with Gasteiger partial charge in [0.05, 0.1) is 5.56 Å². The van der Waals surface area contributed by atoms with Crippen LogP contribution in [0.1, 0.15) is 55.1 Å². The van der Waals surface area contributed by atoms with E-state index in [2.05, 4.69) is 17.2 Å². The lowest BCUT2D eigenvalue weighted by Gasteiger charge is -2.26. The number of hydrogen-bond acceptors (Lipinski definition) is 3. The molecule has 0 aromatic carbocycles. The molecule has 106 valence electrons. The van der Waals surface area contributed by atoms with E-state index in [1.807, 2.05) is 6.07 Å².